The number of carbonyl (C=O) groups excluding carboxylic acids is 5. The van der Waals surface area contributed by atoms with Crippen LogP contribution in [0.3, 0.4) is 0 Å². The van der Waals surface area contributed by atoms with Crippen molar-refractivity contribution in [3.8, 4) is 0 Å². The summed E-state index contributed by atoms with van der Waals surface area (Å²) in [6.45, 7) is 0. The van der Waals surface area contributed by atoms with Gasteiger partial charge in [0.15, 0.2) is 17.3 Å². The van der Waals surface area contributed by atoms with Crippen LogP contribution >= 0.6 is 0 Å². The zero-order valence-electron chi connectivity index (χ0n) is 32.0. The SMILES string of the molecule is O=C(/C=C1\N=C(c2ccccc2)N(c2ccc(C(=O)c3ccccc3)cc2N2C(=O)/C(=C/C(=O)/C=C/c3ccccc3)N=C2c2ccccc2)C1=O)/C=C/c1ccccc1. The number of aliphatic imine (C=N–C) groups is 2. The molecule has 2 aliphatic heterocycles. The minimum absolute atomic E-state index is 0.119. The van der Waals surface area contributed by atoms with Gasteiger partial charge in [-0.15, -0.1) is 0 Å². The molecule has 0 fully saturated rings. The van der Waals surface area contributed by atoms with Crippen LogP contribution in [-0.4, -0.2) is 40.8 Å². The van der Waals surface area contributed by atoms with Crippen LogP contribution in [0.4, 0.5) is 11.4 Å². The standard InChI is InChI=1S/C51H34N4O5/c56-41(29-26-35-16-6-1-7-17-35)33-43-50(59)54(48(52-43)38-22-12-4-13-23-38)45-31-28-40(47(58)37-20-10-3-11-21-37)32-46(45)55-49(39-24-14-5-15-25-39)53-44(51(55)60)34-42(57)30-27-36-18-8-2-9-19-36/h1-34H/b29-26+,30-27+,43-33-,44-34-. The fraction of sp³-hybridized carbons (Fsp3) is 0. The molecule has 6 aromatic carbocycles. The van der Waals surface area contributed by atoms with Gasteiger partial charge in [0.25, 0.3) is 11.8 Å². The van der Waals surface area contributed by atoms with Crippen LogP contribution in [0.2, 0.25) is 0 Å². The first-order chi connectivity index (χ1) is 29.3. The van der Waals surface area contributed by atoms with E-state index in [1.54, 1.807) is 103 Å². The molecule has 0 unspecified atom stereocenters. The quantitative estimate of drug-likeness (QED) is 0.0909. The van der Waals surface area contributed by atoms with Crippen molar-refractivity contribution in [3.05, 3.63) is 239 Å². The Bertz CT molecular complexity index is 2830. The predicted molar refractivity (Wildman–Crippen MR) is 234 cm³/mol. The Morgan fingerprint density at radius 2 is 0.833 bits per heavy atom. The summed E-state index contributed by atoms with van der Waals surface area (Å²) >= 11 is 0. The Balaban J connectivity index is 1.27. The summed E-state index contributed by atoms with van der Waals surface area (Å²) in [7, 11) is 0. The van der Waals surface area contributed by atoms with E-state index >= 15 is 0 Å². The van der Waals surface area contributed by atoms with Crippen molar-refractivity contribution < 1.29 is 24.0 Å². The molecular weight excluding hydrogens is 749 g/mol. The van der Waals surface area contributed by atoms with Crippen LogP contribution in [0.15, 0.2) is 216 Å². The molecule has 0 saturated carbocycles. The molecule has 9 nitrogen and oxygen atoms in total. The van der Waals surface area contributed by atoms with Gasteiger partial charge in [-0.25, -0.2) is 9.98 Å². The fourth-order valence-corrected chi connectivity index (χ4v) is 6.68. The van der Waals surface area contributed by atoms with E-state index in [0.717, 1.165) is 17.2 Å². The topological polar surface area (TPSA) is 117 Å². The van der Waals surface area contributed by atoms with Gasteiger partial charge in [-0.3, -0.25) is 33.8 Å². The average molecular weight is 783 g/mol. The van der Waals surface area contributed by atoms with Crippen molar-refractivity contribution in [3.63, 3.8) is 0 Å². The third-order valence-corrected chi connectivity index (χ3v) is 9.58. The van der Waals surface area contributed by atoms with E-state index in [0.29, 0.717) is 16.7 Å². The molecule has 6 aromatic rings. The summed E-state index contributed by atoms with van der Waals surface area (Å²) in [5.74, 6) is -2.20. The molecule has 0 bridgehead atoms. The summed E-state index contributed by atoms with van der Waals surface area (Å²) in [5.41, 5.74) is 3.35. The van der Waals surface area contributed by atoms with Gasteiger partial charge >= 0.3 is 0 Å². The van der Waals surface area contributed by atoms with E-state index in [9.17, 15) is 24.0 Å². The molecule has 2 amide bonds. The van der Waals surface area contributed by atoms with Crippen molar-refractivity contribution in [2.45, 2.75) is 0 Å². The highest BCUT2D eigenvalue weighted by Gasteiger charge is 2.40. The molecule has 2 aliphatic rings. The minimum Gasteiger partial charge on any atom is -0.290 e. The van der Waals surface area contributed by atoms with Crippen LogP contribution in [0.25, 0.3) is 12.2 Å². The van der Waals surface area contributed by atoms with Crippen molar-refractivity contribution in [1.29, 1.82) is 0 Å². The summed E-state index contributed by atoms with van der Waals surface area (Å²) in [4.78, 5) is 82.0. The maximum absolute atomic E-state index is 14.7. The number of amides is 2. The molecule has 8 rings (SSSR count). The fourth-order valence-electron chi connectivity index (χ4n) is 6.68. The van der Waals surface area contributed by atoms with Crippen LogP contribution in [0, 0.1) is 0 Å². The number of rotatable bonds is 12. The van der Waals surface area contributed by atoms with Gasteiger partial charge in [-0.2, -0.15) is 0 Å². The Kier molecular flexibility index (Phi) is 11.1. The van der Waals surface area contributed by atoms with Crippen LogP contribution < -0.4 is 9.80 Å². The number of amidine groups is 2. The summed E-state index contributed by atoms with van der Waals surface area (Å²) in [6, 6.07) is 49.8. The average Bonchev–Trinajstić information content (AvgIpc) is 3.80. The highest BCUT2D eigenvalue weighted by Crippen LogP contribution is 2.39. The van der Waals surface area contributed by atoms with E-state index < -0.39 is 23.4 Å². The Morgan fingerprint density at radius 3 is 1.28 bits per heavy atom. The molecule has 0 saturated heterocycles. The second-order valence-electron chi connectivity index (χ2n) is 13.6. The molecule has 60 heavy (non-hydrogen) atoms. The number of nitrogens with zero attached hydrogens (tertiary/aromatic N) is 4. The maximum atomic E-state index is 14.7. The molecule has 0 atom stereocenters. The molecule has 0 aromatic heterocycles. The molecule has 9 heteroatoms. The lowest BCUT2D eigenvalue weighted by Gasteiger charge is -2.27. The lowest BCUT2D eigenvalue weighted by atomic mass is 10.0. The second kappa shape index (κ2) is 17.4. The van der Waals surface area contributed by atoms with Crippen molar-refractivity contribution in [1.82, 2.24) is 0 Å². The molecule has 0 radical (unpaired) electrons. The first-order valence-electron chi connectivity index (χ1n) is 19.0. The predicted octanol–water partition coefficient (Wildman–Crippen LogP) is 8.84. The van der Waals surface area contributed by atoms with Gasteiger partial charge in [0.2, 0.25) is 0 Å². The maximum Gasteiger partial charge on any atom is 0.282 e. The monoisotopic (exact) mass is 782 g/mol. The number of hydrogen-bond acceptors (Lipinski definition) is 7. The van der Waals surface area contributed by atoms with Crippen molar-refractivity contribution >= 4 is 64.4 Å². The van der Waals surface area contributed by atoms with Gasteiger partial charge in [-0.05, 0) is 41.5 Å². The van der Waals surface area contributed by atoms with E-state index in [-0.39, 0.29) is 45.8 Å². The number of anilines is 2. The molecular formula is C51H34N4O5. The van der Waals surface area contributed by atoms with Crippen LogP contribution in [0.1, 0.15) is 38.2 Å². The van der Waals surface area contributed by atoms with Gasteiger partial charge in [0.05, 0.1) is 11.4 Å². The van der Waals surface area contributed by atoms with Gasteiger partial charge < -0.3 is 0 Å². The molecule has 2 heterocycles. The van der Waals surface area contributed by atoms with E-state index in [4.69, 9.17) is 9.98 Å². The zero-order chi connectivity index (χ0) is 41.4. The molecule has 288 valence electrons. The zero-order valence-corrected chi connectivity index (χ0v) is 32.0. The first-order valence-corrected chi connectivity index (χ1v) is 19.0. The van der Waals surface area contributed by atoms with E-state index in [2.05, 4.69) is 0 Å². The summed E-state index contributed by atoms with van der Waals surface area (Å²) in [5, 5.41) is 0. The number of hydrogen-bond donors (Lipinski definition) is 0. The van der Waals surface area contributed by atoms with Crippen LogP contribution in [0.5, 0.6) is 0 Å². The Morgan fingerprint density at radius 1 is 0.433 bits per heavy atom. The third kappa shape index (κ3) is 8.32. The lowest BCUT2D eigenvalue weighted by Crippen LogP contribution is -2.38. The molecule has 0 aliphatic carbocycles. The first kappa shape index (κ1) is 38.4. The van der Waals surface area contributed by atoms with Gasteiger partial charge in [0.1, 0.15) is 23.1 Å². The van der Waals surface area contributed by atoms with E-state index in [1.165, 1.54) is 34.1 Å². The van der Waals surface area contributed by atoms with E-state index in [1.807, 2.05) is 72.8 Å². The van der Waals surface area contributed by atoms with Gasteiger partial charge in [-0.1, -0.05) is 164 Å². The van der Waals surface area contributed by atoms with Gasteiger partial charge in [0, 0.05) is 34.4 Å². The third-order valence-electron chi connectivity index (χ3n) is 9.58. The van der Waals surface area contributed by atoms with Crippen LogP contribution in [-0.2, 0) is 19.2 Å². The number of ketones is 3. The number of benzene rings is 6. The summed E-state index contributed by atoms with van der Waals surface area (Å²) in [6.07, 6.45) is 8.35. The Labute approximate surface area is 346 Å². The Hall–Kier alpha value is -8.43. The number of carbonyl (C=O) groups is 5. The largest absolute Gasteiger partial charge is 0.290 e. The molecule has 0 spiro atoms. The van der Waals surface area contributed by atoms with Crippen molar-refractivity contribution in [2.75, 3.05) is 9.80 Å². The number of allylic oxidation sites excluding steroid dienone is 4. The van der Waals surface area contributed by atoms with Crippen molar-refractivity contribution in [2.24, 2.45) is 9.98 Å². The second-order valence-corrected chi connectivity index (χ2v) is 13.6. The summed E-state index contributed by atoms with van der Waals surface area (Å²) < 4.78 is 0. The highest BCUT2D eigenvalue weighted by atomic mass is 16.2. The lowest BCUT2D eigenvalue weighted by molar-refractivity contribution is -0.115. The molecule has 0 N–H and O–H groups in total. The highest BCUT2D eigenvalue weighted by molar-refractivity contribution is 6.38. The minimum atomic E-state index is -0.664. The smallest absolute Gasteiger partial charge is 0.282 e. The normalized spacial score (nSPS) is 15.3.